The molecule has 3 aromatic carbocycles. The van der Waals surface area contributed by atoms with E-state index in [1.165, 1.54) is 6.42 Å². The van der Waals surface area contributed by atoms with Gasteiger partial charge in [0.1, 0.15) is 11.5 Å². The first-order valence-electron chi connectivity index (χ1n) is 12.8. The summed E-state index contributed by atoms with van der Waals surface area (Å²) < 4.78 is 11.4. The summed E-state index contributed by atoms with van der Waals surface area (Å²) in [6, 6.07) is 24.1. The molecule has 36 heavy (non-hydrogen) atoms. The van der Waals surface area contributed by atoms with E-state index in [1.807, 2.05) is 60.7 Å². The predicted octanol–water partition coefficient (Wildman–Crippen LogP) is 5.91. The van der Waals surface area contributed by atoms with Gasteiger partial charge in [0.05, 0.1) is 31.5 Å². The number of hydrogen-bond acceptors (Lipinski definition) is 5. The van der Waals surface area contributed by atoms with E-state index in [0.29, 0.717) is 18.0 Å². The summed E-state index contributed by atoms with van der Waals surface area (Å²) in [5.41, 5.74) is 3.07. The topological polar surface area (TPSA) is 71.6 Å². The van der Waals surface area contributed by atoms with Crippen LogP contribution in [0.3, 0.4) is 0 Å². The Morgan fingerprint density at radius 3 is 2.22 bits per heavy atom. The van der Waals surface area contributed by atoms with Gasteiger partial charge in [-0.3, -0.25) is 4.79 Å². The Morgan fingerprint density at radius 2 is 1.58 bits per heavy atom. The quantitative estimate of drug-likeness (QED) is 0.370. The van der Waals surface area contributed by atoms with Crippen molar-refractivity contribution >= 4 is 17.3 Å². The second kappa shape index (κ2) is 10.5. The molecule has 188 valence electrons. The molecule has 0 saturated heterocycles. The third kappa shape index (κ3) is 4.60. The van der Waals surface area contributed by atoms with Crippen molar-refractivity contribution in [2.24, 2.45) is 11.8 Å². The highest BCUT2D eigenvalue weighted by Gasteiger charge is 2.53. The van der Waals surface area contributed by atoms with Crippen molar-refractivity contribution in [2.75, 3.05) is 24.9 Å². The van der Waals surface area contributed by atoms with E-state index in [0.717, 1.165) is 48.2 Å². The maximum atomic E-state index is 14.2. The van der Waals surface area contributed by atoms with Gasteiger partial charge in [0.25, 0.3) is 0 Å². The number of anilines is 2. The molecule has 0 bridgehead atoms. The van der Waals surface area contributed by atoms with Gasteiger partial charge in [-0.2, -0.15) is 0 Å². The molecule has 1 amide bonds. The largest absolute Gasteiger partial charge is 0.497 e. The molecular weight excluding hydrogens is 450 g/mol. The van der Waals surface area contributed by atoms with Crippen LogP contribution in [0.15, 0.2) is 72.8 Å². The molecule has 1 aliphatic heterocycles. The Hall–Kier alpha value is -3.67. The molecule has 1 atom stereocenters. The van der Waals surface area contributed by atoms with E-state index in [9.17, 15) is 4.79 Å². The lowest BCUT2D eigenvalue weighted by molar-refractivity contribution is -0.129. The third-order valence-electron chi connectivity index (χ3n) is 7.60. The van der Waals surface area contributed by atoms with Crippen LogP contribution in [-0.2, 0) is 17.0 Å². The molecule has 3 N–H and O–H groups in total. The average molecular weight is 486 g/mol. The zero-order valence-corrected chi connectivity index (χ0v) is 21.1. The van der Waals surface area contributed by atoms with Gasteiger partial charge >= 0.3 is 0 Å². The number of rotatable bonds is 8. The van der Waals surface area contributed by atoms with Crippen LogP contribution in [0.4, 0.5) is 11.4 Å². The van der Waals surface area contributed by atoms with E-state index in [2.05, 4.69) is 28.1 Å². The van der Waals surface area contributed by atoms with E-state index < -0.39 is 5.66 Å². The van der Waals surface area contributed by atoms with Gasteiger partial charge in [0, 0.05) is 18.2 Å². The summed E-state index contributed by atoms with van der Waals surface area (Å²) >= 11 is 0. The predicted molar refractivity (Wildman–Crippen MR) is 143 cm³/mol. The maximum absolute atomic E-state index is 14.2. The number of carbonyl (C=O) groups excluding carboxylic acids is 1. The number of ether oxygens (including phenoxy) is 2. The van der Waals surface area contributed by atoms with Crippen molar-refractivity contribution in [3.05, 3.63) is 83.9 Å². The van der Waals surface area contributed by atoms with Gasteiger partial charge in [-0.05, 0) is 48.6 Å². The average Bonchev–Trinajstić information content (AvgIpc) is 3.32. The number of amides is 1. The maximum Gasteiger partial charge on any atom is 0.228 e. The molecule has 1 fully saturated rings. The van der Waals surface area contributed by atoms with Crippen molar-refractivity contribution in [3.63, 3.8) is 0 Å². The molecule has 0 radical (unpaired) electrons. The third-order valence-corrected chi connectivity index (χ3v) is 7.60. The molecule has 6 nitrogen and oxygen atoms in total. The second-order valence-electron chi connectivity index (χ2n) is 9.75. The Bertz CT molecular complexity index is 1170. The van der Waals surface area contributed by atoms with E-state index in [-0.39, 0.29) is 17.7 Å². The summed E-state index contributed by atoms with van der Waals surface area (Å²) in [7, 11) is 3.31. The van der Waals surface area contributed by atoms with Crippen molar-refractivity contribution < 1.29 is 14.3 Å². The van der Waals surface area contributed by atoms with E-state index >= 15 is 0 Å². The highest BCUT2D eigenvalue weighted by atomic mass is 16.5. The van der Waals surface area contributed by atoms with E-state index in [1.54, 1.807) is 14.2 Å². The monoisotopic (exact) mass is 485 g/mol. The fourth-order valence-corrected chi connectivity index (χ4v) is 5.87. The van der Waals surface area contributed by atoms with Crippen LogP contribution >= 0.6 is 0 Å². The minimum atomic E-state index is -0.871. The number of hydrogen-bond donors (Lipinski definition) is 3. The number of nitrogens with one attached hydrogen (secondary N) is 3. The van der Waals surface area contributed by atoms with Crippen molar-refractivity contribution in [1.82, 2.24) is 5.32 Å². The molecule has 1 aliphatic carbocycles. The molecule has 5 rings (SSSR count). The van der Waals surface area contributed by atoms with Crippen LogP contribution < -0.4 is 25.4 Å². The fourth-order valence-electron chi connectivity index (χ4n) is 5.87. The lowest BCUT2D eigenvalue weighted by Crippen LogP contribution is -2.55. The van der Waals surface area contributed by atoms with Crippen molar-refractivity contribution in [3.8, 4) is 11.5 Å². The second-order valence-corrected chi connectivity index (χ2v) is 9.75. The van der Waals surface area contributed by atoms with Crippen LogP contribution in [0.25, 0.3) is 0 Å². The molecule has 0 aromatic heterocycles. The summed E-state index contributed by atoms with van der Waals surface area (Å²) in [6.07, 6.45) is 5.52. The zero-order chi connectivity index (χ0) is 25.0. The van der Waals surface area contributed by atoms with Crippen LogP contribution in [-0.4, -0.2) is 20.1 Å². The normalized spacial score (nSPS) is 17.3. The number of fused-ring (bicyclic) bond motifs is 1. The van der Waals surface area contributed by atoms with Crippen LogP contribution in [0.5, 0.6) is 11.5 Å². The van der Waals surface area contributed by atoms with Gasteiger partial charge < -0.3 is 25.4 Å². The molecule has 6 heteroatoms. The Kier molecular flexibility index (Phi) is 7.03. The highest BCUT2D eigenvalue weighted by molar-refractivity contribution is 5.87. The highest BCUT2D eigenvalue weighted by Crippen LogP contribution is 2.51. The van der Waals surface area contributed by atoms with Gasteiger partial charge in [-0.1, -0.05) is 61.7 Å². The first-order valence-corrected chi connectivity index (χ1v) is 12.8. The summed E-state index contributed by atoms with van der Waals surface area (Å²) in [6.45, 7) is 0.492. The Labute approximate surface area is 213 Å². The van der Waals surface area contributed by atoms with Crippen molar-refractivity contribution in [2.45, 2.75) is 44.3 Å². The fraction of sp³-hybridized carbons (Fsp3) is 0.367. The molecule has 3 aromatic rings. The van der Waals surface area contributed by atoms with E-state index in [4.69, 9.17) is 9.47 Å². The Morgan fingerprint density at radius 1 is 0.917 bits per heavy atom. The van der Waals surface area contributed by atoms with Gasteiger partial charge in [-0.15, -0.1) is 0 Å². The summed E-state index contributed by atoms with van der Waals surface area (Å²) in [5.74, 6) is 1.28. The van der Waals surface area contributed by atoms with Crippen molar-refractivity contribution in [1.29, 1.82) is 0 Å². The molecule has 2 aliphatic rings. The Balaban J connectivity index is 1.60. The molecule has 1 heterocycles. The van der Waals surface area contributed by atoms with Crippen LogP contribution in [0, 0.1) is 11.8 Å². The molecule has 1 unspecified atom stereocenters. The number of para-hydroxylation sites is 2. The molecular formula is C30H35N3O3. The standard InChI is InChI=1S/C30H35N3O3/c1-35-23-17-18-24(27(19-23)36-2)30(32-25-15-9-10-16-26(25)33-30)28(22-13-7-4-8-14-22)29(34)31-20-21-11-5-3-6-12-21/h3,5-6,9-12,15-19,22,28,32-33H,4,7-8,13-14,20H2,1-2H3,(H,31,34). The SMILES string of the molecule is COc1ccc(C2(C(C(=O)NCc3ccccc3)C3CCCCC3)Nc3ccccc3N2)c(OC)c1. The summed E-state index contributed by atoms with van der Waals surface area (Å²) in [4.78, 5) is 14.2. The first-order chi connectivity index (χ1) is 17.6. The lowest BCUT2D eigenvalue weighted by atomic mass is 9.71. The zero-order valence-electron chi connectivity index (χ0n) is 21.1. The van der Waals surface area contributed by atoms with Gasteiger partial charge in [-0.25, -0.2) is 0 Å². The van der Waals surface area contributed by atoms with Gasteiger partial charge in [0.2, 0.25) is 5.91 Å². The van der Waals surface area contributed by atoms with Crippen LogP contribution in [0.1, 0.15) is 43.2 Å². The smallest absolute Gasteiger partial charge is 0.228 e. The number of carbonyl (C=O) groups is 1. The number of benzene rings is 3. The first kappa shape index (κ1) is 24.0. The van der Waals surface area contributed by atoms with Crippen LogP contribution in [0.2, 0.25) is 0 Å². The molecule has 1 saturated carbocycles. The van der Waals surface area contributed by atoms with Gasteiger partial charge in [0.15, 0.2) is 5.66 Å². The minimum absolute atomic E-state index is 0.0384. The minimum Gasteiger partial charge on any atom is -0.497 e. The molecule has 0 spiro atoms. The lowest BCUT2D eigenvalue weighted by Gasteiger charge is -2.43. The number of methoxy groups -OCH3 is 2. The summed E-state index contributed by atoms with van der Waals surface area (Å²) in [5, 5.41) is 10.8.